The number of rotatable bonds is 1. The molecule has 12 heavy (non-hydrogen) atoms. The van der Waals surface area contributed by atoms with Gasteiger partial charge >= 0.3 is 5.97 Å². The molecule has 0 saturated carbocycles. The first-order valence-electron chi connectivity index (χ1n) is 2.67. The van der Waals surface area contributed by atoms with Gasteiger partial charge in [-0.25, -0.2) is 14.8 Å². The molecule has 0 spiro atoms. The average Bonchev–Trinajstić information content (AvgIpc) is 1.82. The zero-order valence-electron chi connectivity index (χ0n) is 5.45. The Bertz CT molecular complexity index is 321. The van der Waals surface area contributed by atoms with Gasteiger partial charge in [-0.3, -0.25) is 0 Å². The lowest BCUT2D eigenvalue weighted by atomic mass is 10.3. The van der Waals surface area contributed by atoms with Crippen molar-refractivity contribution in [1.29, 1.82) is 0 Å². The molecule has 0 atom stereocenters. The molecule has 4 nitrogen and oxygen atoms in total. The van der Waals surface area contributed by atoms with Gasteiger partial charge in [-0.15, -0.1) is 12.6 Å². The van der Waals surface area contributed by atoms with Crippen molar-refractivity contribution in [2.75, 3.05) is 0 Å². The molecule has 0 bridgehead atoms. The number of thiol groups is 1. The van der Waals surface area contributed by atoms with Crippen LogP contribution >= 0.6 is 35.8 Å². The Labute approximate surface area is 83.0 Å². The van der Waals surface area contributed by atoms with E-state index in [-0.39, 0.29) is 21.0 Å². The number of carboxylic acids is 1. The van der Waals surface area contributed by atoms with Gasteiger partial charge in [-0.2, -0.15) is 0 Å². The molecule has 0 saturated heterocycles. The largest absolute Gasteiger partial charge is 0.477 e. The van der Waals surface area contributed by atoms with E-state index in [1.165, 1.54) is 0 Å². The number of hydrogen-bond donors (Lipinski definition) is 2. The number of aromatic nitrogens is 2. The van der Waals surface area contributed by atoms with Crippen LogP contribution in [0.1, 0.15) is 10.4 Å². The first-order chi connectivity index (χ1) is 5.52. The first kappa shape index (κ1) is 9.57. The number of nitrogens with zero attached hydrogens (tertiary/aromatic N) is 2. The summed E-state index contributed by atoms with van der Waals surface area (Å²) in [5, 5.41) is 8.17. The minimum atomic E-state index is -1.27. The maximum absolute atomic E-state index is 10.5. The van der Waals surface area contributed by atoms with Crippen molar-refractivity contribution in [3.8, 4) is 0 Å². The van der Waals surface area contributed by atoms with Gasteiger partial charge in [0.1, 0.15) is 15.9 Å². The lowest BCUT2D eigenvalue weighted by molar-refractivity contribution is 0.0696. The van der Waals surface area contributed by atoms with Crippen LogP contribution < -0.4 is 0 Å². The van der Waals surface area contributed by atoms with Crippen LogP contribution in [0.25, 0.3) is 0 Å². The fourth-order valence-corrected chi connectivity index (χ4v) is 1.44. The summed E-state index contributed by atoms with van der Waals surface area (Å²) in [7, 11) is 0. The van der Waals surface area contributed by atoms with Crippen molar-refractivity contribution in [2.45, 2.75) is 5.16 Å². The highest BCUT2D eigenvalue weighted by Gasteiger charge is 2.16. The minimum Gasteiger partial charge on any atom is -0.477 e. The molecule has 0 aliphatic heterocycles. The Kier molecular flexibility index (Phi) is 2.76. The van der Waals surface area contributed by atoms with E-state index in [1.807, 2.05) is 0 Å². The average molecular weight is 225 g/mol. The van der Waals surface area contributed by atoms with Gasteiger partial charge < -0.3 is 5.11 Å². The fourth-order valence-electron chi connectivity index (χ4n) is 0.574. The van der Waals surface area contributed by atoms with Gasteiger partial charge in [0.05, 0.1) is 0 Å². The normalized spacial score (nSPS) is 9.92. The number of carbonyl (C=O) groups is 1. The minimum absolute atomic E-state index is 0.0370. The molecule has 64 valence electrons. The van der Waals surface area contributed by atoms with Crippen LogP contribution in [0.15, 0.2) is 5.16 Å². The van der Waals surface area contributed by atoms with Gasteiger partial charge in [-0.05, 0) is 0 Å². The maximum Gasteiger partial charge on any atom is 0.342 e. The van der Waals surface area contributed by atoms with Crippen molar-refractivity contribution in [3.63, 3.8) is 0 Å². The van der Waals surface area contributed by atoms with E-state index in [0.717, 1.165) is 0 Å². The summed E-state index contributed by atoms with van der Waals surface area (Å²) in [6, 6.07) is 0. The number of aromatic carboxylic acids is 1. The Morgan fingerprint density at radius 3 is 2.08 bits per heavy atom. The van der Waals surface area contributed by atoms with Gasteiger partial charge in [0.2, 0.25) is 0 Å². The number of halogens is 2. The third-order valence-electron chi connectivity index (χ3n) is 1.02. The van der Waals surface area contributed by atoms with Gasteiger partial charge in [0.25, 0.3) is 0 Å². The monoisotopic (exact) mass is 224 g/mol. The Balaban J connectivity index is 3.38. The zero-order chi connectivity index (χ0) is 9.30. The highest BCUT2D eigenvalue weighted by Crippen LogP contribution is 2.21. The molecule has 0 aliphatic carbocycles. The van der Waals surface area contributed by atoms with Crippen LogP contribution in [0.2, 0.25) is 10.3 Å². The molecule has 7 heteroatoms. The summed E-state index contributed by atoms with van der Waals surface area (Å²) in [5.41, 5.74) is -0.309. The third kappa shape index (κ3) is 1.80. The van der Waals surface area contributed by atoms with Crippen LogP contribution in [0.5, 0.6) is 0 Å². The summed E-state index contributed by atoms with van der Waals surface area (Å²) >= 11 is 14.7. The van der Waals surface area contributed by atoms with E-state index in [2.05, 4.69) is 22.6 Å². The molecule has 1 heterocycles. The predicted octanol–water partition coefficient (Wildman–Crippen LogP) is 1.77. The second-order valence-electron chi connectivity index (χ2n) is 1.79. The summed E-state index contributed by atoms with van der Waals surface area (Å²) in [6.45, 7) is 0. The van der Waals surface area contributed by atoms with Crippen molar-refractivity contribution in [3.05, 3.63) is 15.9 Å². The van der Waals surface area contributed by atoms with E-state index < -0.39 is 5.97 Å². The SMILES string of the molecule is O=C(O)c1c(Cl)nc(S)nc1Cl. The van der Waals surface area contributed by atoms with Crippen LogP contribution in [0.4, 0.5) is 0 Å². The summed E-state index contributed by atoms with van der Waals surface area (Å²) in [5.74, 6) is -1.27. The fraction of sp³-hybridized carbons (Fsp3) is 0. The molecular weight excluding hydrogens is 223 g/mol. The highest BCUT2D eigenvalue weighted by molar-refractivity contribution is 7.80. The highest BCUT2D eigenvalue weighted by atomic mass is 35.5. The van der Waals surface area contributed by atoms with E-state index in [4.69, 9.17) is 28.3 Å². The topological polar surface area (TPSA) is 63.1 Å². The molecule has 1 rings (SSSR count). The van der Waals surface area contributed by atoms with Gasteiger partial charge in [-0.1, -0.05) is 23.2 Å². The zero-order valence-corrected chi connectivity index (χ0v) is 7.86. The van der Waals surface area contributed by atoms with Crippen molar-refractivity contribution < 1.29 is 9.90 Å². The predicted molar refractivity (Wildman–Crippen MR) is 46.3 cm³/mol. The standard InChI is InChI=1S/C5H2Cl2N2O2S/c6-2-1(4(10)11)3(7)9-5(12)8-2/h(H,10,11)(H,8,9,12). The summed E-state index contributed by atoms with van der Waals surface area (Å²) in [4.78, 5) is 17.5. The Morgan fingerprint density at radius 1 is 1.33 bits per heavy atom. The van der Waals surface area contributed by atoms with Gasteiger partial charge in [0, 0.05) is 0 Å². The van der Waals surface area contributed by atoms with E-state index in [0.29, 0.717) is 0 Å². The lowest BCUT2D eigenvalue weighted by Crippen LogP contribution is -2.02. The molecule has 1 N–H and O–H groups in total. The lowest BCUT2D eigenvalue weighted by Gasteiger charge is -1.99. The Morgan fingerprint density at radius 2 is 1.75 bits per heavy atom. The van der Waals surface area contributed by atoms with Crippen LogP contribution in [0, 0.1) is 0 Å². The molecule has 0 aliphatic rings. The van der Waals surface area contributed by atoms with Crippen LogP contribution in [-0.2, 0) is 0 Å². The molecule has 0 aromatic carbocycles. The Hall–Kier alpha value is -0.520. The van der Waals surface area contributed by atoms with E-state index in [1.54, 1.807) is 0 Å². The van der Waals surface area contributed by atoms with Gasteiger partial charge in [0.15, 0.2) is 5.16 Å². The second-order valence-corrected chi connectivity index (χ2v) is 2.90. The second kappa shape index (κ2) is 3.47. The van der Waals surface area contributed by atoms with Crippen LogP contribution in [-0.4, -0.2) is 21.0 Å². The van der Waals surface area contributed by atoms with Crippen molar-refractivity contribution in [1.82, 2.24) is 9.97 Å². The molecule has 0 unspecified atom stereocenters. The summed E-state index contributed by atoms with van der Waals surface area (Å²) < 4.78 is 0. The van der Waals surface area contributed by atoms with E-state index >= 15 is 0 Å². The number of hydrogen-bond acceptors (Lipinski definition) is 4. The molecule has 0 fully saturated rings. The molecule has 0 radical (unpaired) electrons. The third-order valence-corrected chi connectivity index (χ3v) is 1.77. The molecular formula is C5H2Cl2N2O2S. The van der Waals surface area contributed by atoms with Crippen molar-refractivity contribution >= 4 is 41.8 Å². The molecule has 1 aromatic heterocycles. The quantitative estimate of drug-likeness (QED) is 0.434. The molecule has 0 amide bonds. The molecule has 1 aromatic rings. The van der Waals surface area contributed by atoms with E-state index in [9.17, 15) is 4.79 Å². The maximum atomic E-state index is 10.5. The first-order valence-corrected chi connectivity index (χ1v) is 3.88. The number of carboxylic acid groups (broad SMARTS) is 1. The smallest absolute Gasteiger partial charge is 0.342 e. The summed E-state index contributed by atoms with van der Waals surface area (Å²) in [6.07, 6.45) is 0. The van der Waals surface area contributed by atoms with Crippen LogP contribution in [0.3, 0.4) is 0 Å². The van der Waals surface area contributed by atoms with Crippen molar-refractivity contribution in [2.24, 2.45) is 0 Å².